The van der Waals surface area contributed by atoms with E-state index in [-0.39, 0.29) is 24.6 Å². The van der Waals surface area contributed by atoms with E-state index >= 15 is 0 Å². The molecule has 0 bridgehead atoms. The van der Waals surface area contributed by atoms with Crippen LogP contribution in [-0.2, 0) is 4.79 Å². The first kappa shape index (κ1) is 16.2. The van der Waals surface area contributed by atoms with E-state index in [0.717, 1.165) is 11.1 Å². The standard InChI is InChI=1S/C19H18FNO3/c1-12-7-8-17(20)14(9-12)18(22)21-10-15(16(11-21)19(23)24)13-5-3-2-4-6-13/h2-9,15-16H,10-11H2,1H3,(H,23,24)/t15-,16-/m0/s1. The van der Waals surface area contributed by atoms with Crippen molar-refractivity contribution in [3.8, 4) is 0 Å². The van der Waals surface area contributed by atoms with Crippen LogP contribution in [0.5, 0.6) is 0 Å². The van der Waals surface area contributed by atoms with Crippen LogP contribution >= 0.6 is 0 Å². The summed E-state index contributed by atoms with van der Waals surface area (Å²) < 4.78 is 14.0. The van der Waals surface area contributed by atoms with Gasteiger partial charge in [-0.3, -0.25) is 9.59 Å². The molecule has 1 amide bonds. The van der Waals surface area contributed by atoms with Gasteiger partial charge < -0.3 is 10.0 Å². The second kappa shape index (κ2) is 6.43. The Morgan fingerprint density at radius 1 is 1.12 bits per heavy atom. The lowest BCUT2D eigenvalue weighted by Gasteiger charge is -2.17. The van der Waals surface area contributed by atoms with Crippen LogP contribution in [0.2, 0.25) is 0 Å². The molecule has 0 aliphatic carbocycles. The summed E-state index contributed by atoms with van der Waals surface area (Å²) in [5, 5.41) is 9.50. The van der Waals surface area contributed by atoms with Crippen molar-refractivity contribution in [2.75, 3.05) is 13.1 Å². The number of carbonyl (C=O) groups is 2. The molecular weight excluding hydrogens is 309 g/mol. The maximum absolute atomic E-state index is 14.0. The SMILES string of the molecule is Cc1ccc(F)c(C(=O)N2C[C@H](C(=O)O)[C@H](c3ccccc3)C2)c1. The van der Waals surface area contributed by atoms with Gasteiger partial charge >= 0.3 is 5.97 Å². The molecule has 124 valence electrons. The number of amides is 1. The molecule has 1 heterocycles. The lowest BCUT2D eigenvalue weighted by atomic mass is 9.89. The van der Waals surface area contributed by atoms with Crippen LogP contribution in [0.15, 0.2) is 48.5 Å². The van der Waals surface area contributed by atoms with Crippen molar-refractivity contribution < 1.29 is 19.1 Å². The van der Waals surface area contributed by atoms with E-state index < -0.39 is 23.6 Å². The Morgan fingerprint density at radius 2 is 1.83 bits per heavy atom. The third kappa shape index (κ3) is 3.02. The fraction of sp³-hybridized carbons (Fsp3) is 0.263. The largest absolute Gasteiger partial charge is 0.481 e. The van der Waals surface area contributed by atoms with Crippen LogP contribution in [0, 0.1) is 18.7 Å². The highest BCUT2D eigenvalue weighted by Gasteiger charge is 2.41. The van der Waals surface area contributed by atoms with Crippen molar-refractivity contribution in [3.05, 3.63) is 71.0 Å². The van der Waals surface area contributed by atoms with Gasteiger partial charge in [0.25, 0.3) is 5.91 Å². The van der Waals surface area contributed by atoms with Gasteiger partial charge in [-0.05, 0) is 24.6 Å². The second-order valence-corrected chi connectivity index (χ2v) is 6.16. The zero-order chi connectivity index (χ0) is 17.3. The van der Waals surface area contributed by atoms with E-state index in [4.69, 9.17) is 0 Å². The van der Waals surface area contributed by atoms with Gasteiger partial charge in [-0.15, -0.1) is 0 Å². The zero-order valence-corrected chi connectivity index (χ0v) is 13.3. The van der Waals surface area contributed by atoms with Crippen LogP contribution in [0.3, 0.4) is 0 Å². The molecule has 0 aromatic heterocycles. The number of aliphatic carboxylic acids is 1. The summed E-state index contributed by atoms with van der Waals surface area (Å²) in [5.41, 5.74) is 1.66. The number of halogens is 1. The van der Waals surface area contributed by atoms with Crippen molar-refractivity contribution in [3.63, 3.8) is 0 Å². The van der Waals surface area contributed by atoms with E-state index in [0.29, 0.717) is 0 Å². The first-order chi connectivity index (χ1) is 11.5. The number of hydrogen-bond acceptors (Lipinski definition) is 2. The summed E-state index contributed by atoms with van der Waals surface area (Å²) >= 11 is 0. The number of carboxylic acids is 1. The van der Waals surface area contributed by atoms with Gasteiger partial charge in [0.1, 0.15) is 5.82 Å². The second-order valence-electron chi connectivity index (χ2n) is 6.16. The summed E-state index contributed by atoms with van der Waals surface area (Å²) in [4.78, 5) is 25.7. The van der Waals surface area contributed by atoms with Gasteiger partial charge in [0, 0.05) is 19.0 Å². The molecular formula is C19H18FNO3. The minimum absolute atomic E-state index is 0.00662. The molecule has 3 rings (SSSR count). The monoisotopic (exact) mass is 327 g/mol. The smallest absolute Gasteiger partial charge is 0.308 e. The lowest BCUT2D eigenvalue weighted by Crippen LogP contribution is -2.30. The molecule has 0 unspecified atom stereocenters. The fourth-order valence-corrected chi connectivity index (χ4v) is 3.23. The number of benzene rings is 2. The number of aryl methyl sites for hydroxylation is 1. The van der Waals surface area contributed by atoms with Crippen LogP contribution in [0.4, 0.5) is 4.39 Å². The predicted octanol–water partition coefficient (Wildman–Crippen LogP) is 3.07. The van der Waals surface area contributed by atoms with Crippen LogP contribution in [-0.4, -0.2) is 35.0 Å². The molecule has 1 aliphatic rings. The lowest BCUT2D eigenvalue weighted by molar-refractivity contribution is -0.141. The van der Waals surface area contributed by atoms with Crippen LogP contribution < -0.4 is 0 Å². The number of carboxylic acid groups (broad SMARTS) is 1. The Hall–Kier alpha value is -2.69. The van der Waals surface area contributed by atoms with E-state index in [1.807, 2.05) is 30.3 Å². The molecule has 0 saturated carbocycles. The first-order valence-electron chi connectivity index (χ1n) is 7.80. The highest BCUT2D eigenvalue weighted by Crippen LogP contribution is 2.33. The molecule has 1 saturated heterocycles. The summed E-state index contributed by atoms with van der Waals surface area (Å²) in [6.45, 7) is 2.14. The molecule has 0 radical (unpaired) electrons. The zero-order valence-electron chi connectivity index (χ0n) is 13.3. The molecule has 2 aromatic carbocycles. The van der Waals surface area contributed by atoms with Crippen LogP contribution in [0.25, 0.3) is 0 Å². The van der Waals surface area contributed by atoms with Gasteiger partial charge in [0.05, 0.1) is 11.5 Å². The summed E-state index contributed by atoms with van der Waals surface area (Å²) in [7, 11) is 0. The van der Waals surface area contributed by atoms with Crippen molar-refractivity contribution in [2.24, 2.45) is 5.92 Å². The number of likely N-dealkylation sites (tertiary alicyclic amines) is 1. The third-order valence-electron chi connectivity index (χ3n) is 4.50. The average molecular weight is 327 g/mol. The van der Waals surface area contributed by atoms with Crippen molar-refractivity contribution >= 4 is 11.9 Å². The third-order valence-corrected chi connectivity index (χ3v) is 4.50. The Bertz CT molecular complexity index is 775. The normalized spacial score (nSPS) is 20.2. The van der Waals surface area contributed by atoms with E-state index in [1.165, 1.54) is 17.0 Å². The van der Waals surface area contributed by atoms with Crippen molar-refractivity contribution in [2.45, 2.75) is 12.8 Å². The van der Waals surface area contributed by atoms with Crippen molar-refractivity contribution in [1.29, 1.82) is 0 Å². The molecule has 1 N–H and O–H groups in total. The van der Waals surface area contributed by atoms with Gasteiger partial charge in [0.2, 0.25) is 0 Å². The molecule has 2 aromatic rings. The average Bonchev–Trinajstić information content (AvgIpc) is 3.03. The van der Waals surface area contributed by atoms with Crippen molar-refractivity contribution in [1.82, 2.24) is 4.90 Å². The van der Waals surface area contributed by atoms with Crippen LogP contribution in [0.1, 0.15) is 27.4 Å². The molecule has 1 aliphatic heterocycles. The maximum atomic E-state index is 14.0. The summed E-state index contributed by atoms with van der Waals surface area (Å²) in [6.07, 6.45) is 0. The quantitative estimate of drug-likeness (QED) is 0.942. The Balaban J connectivity index is 1.89. The molecule has 2 atom stereocenters. The minimum atomic E-state index is -0.941. The number of carbonyl (C=O) groups excluding carboxylic acids is 1. The fourth-order valence-electron chi connectivity index (χ4n) is 3.23. The van der Waals surface area contributed by atoms with E-state index in [9.17, 15) is 19.1 Å². The first-order valence-corrected chi connectivity index (χ1v) is 7.80. The minimum Gasteiger partial charge on any atom is -0.481 e. The molecule has 4 nitrogen and oxygen atoms in total. The Labute approximate surface area is 139 Å². The molecule has 5 heteroatoms. The Morgan fingerprint density at radius 3 is 2.50 bits per heavy atom. The maximum Gasteiger partial charge on any atom is 0.308 e. The molecule has 0 spiro atoms. The Kier molecular flexibility index (Phi) is 4.34. The number of hydrogen-bond donors (Lipinski definition) is 1. The van der Waals surface area contributed by atoms with Gasteiger partial charge in [0.15, 0.2) is 0 Å². The van der Waals surface area contributed by atoms with Gasteiger partial charge in [-0.2, -0.15) is 0 Å². The van der Waals surface area contributed by atoms with E-state index in [1.54, 1.807) is 13.0 Å². The highest BCUT2D eigenvalue weighted by molar-refractivity contribution is 5.95. The topological polar surface area (TPSA) is 57.6 Å². The molecule has 1 fully saturated rings. The predicted molar refractivity (Wildman–Crippen MR) is 87.3 cm³/mol. The number of nitrogens with zero attached hydrogens (tertiary/aromatic N) is 1. The van der Waals surface area contributed by atoms with Gasteiger partial charge in [-0.1, -0.05) is 42.0 Å². The number of rotatable bonds is 3. The van der Waals surface area contributed by atoms with Gasteiger partial charge in [-0.25, -0.2) is 4.39 Å². The van der Waals surface area contributed by atoms with E-state index in [2.05, 4.69) is 0 Å². The summed E-state index contributed by atoms with van der Waals surface area (Å²) in [5.74, 6) is -2.96. The summed E-state index contributed by atoms with van der Waals surface area (Å²) in [6, 6.07) is 13.6. The molecule has 24 heavy (non-hydrogen) atoms. The highest BCUT2D eigenvalue weighted by atomic mass is 19.1.